The van der Waals surface area contributed by atoms with Crippen LogP contribution in [0.15, 0.2) is 0 Å². The summed E-state index contributed by atoms with van der Waals surface area (Å²) in [5, 5.41) is 7.57. The molecule has 0 heterocycles. The van der Waals surface area contributed by atoms with Gasteiger partial charge >= 0.3 is 47.7 Å². The van der Waals surface area contributed by atoms with Gasteiger partial charge in [0.1, 0.15) is 0 Å². The first-order valence-corrected chi connectivity index (χ1v) is 5.01. The zero-order valence-electron chi connectivity index (χ0n) is 11.0. The van der Waals surface area contributed by atoms with Gasteiger partial charge in [-0.2, -0.15) is 65.9 Å². The lowest BCUT2D eigenvalue weighted by Gasteiger charge is -2.40. The quantitative estimate of drug-likeness (QED) is 0.652. The van der Waals surface area contributed by atoms with Crippen LogP contribution in [0, 0.1) is 0 Å². The summed E-state index contributed by atoms with van der Waals surface area (Å²) in [6, 6.07) is 0. The van der Waals surface area contributed by atoms with Gasteiger partial charge in [-0.25, -0.2) is 4.79 Å². The minimum atomic E-state index is -8.47. The summed E-state index contributed by atoms with van der Waals surface area (Å²) < 4.78 is 187. The Bertz CT molecular complexity index is 533. The maximum Gasteiger partial charge on any atom is 0.460 e. The second kappa shape index (κ2) is 6.22. The third-order valence-corrected chi connectivity index (χ3v) is 2.60. The molecule has 0 aliphatic heterocycles. The van der Waals surface area contributed by atoms with Gasteiger partial charge in [0.25, 0.3) is 0 Å². The van der Waals surface area contributed by atoms with Gasteiger partial charge in [-0.1, -0.05) is 0 Å². The van der Waals surface area contributed by atoms with E-state index >= 15 is 0 Å². The zero-order valence-corrected chi connectivity index (χ0v) is 11.0. The predicted octanol–water partition coefficient (Wildman–Crippen LogP) is 3.62. The van der Waals surface area contributed by atoms with Gasteiger partial charge in [-0.3, -0.25) is 0 Å². The Kier molecular flexibility index (Phi) is 6.37. The fourth-order valence-corrected chi connectivity index (χ4v) is 1.10. The van der Waals surface area contributed by atoms with Crippen LogP contribution in [0.5, 0.6) is 0 Å². The van der Waals surface area contributed by atoms with Gasteiger partial charge < -0.3 is 10.6 Å². The van der Waals surface area contributed by atoms with Gasteiger partial charge in [0.2, 0.25) is 0 Å². The topological polar surface area (TPSA) is 68.8 Å². The highest BCUT2D eigenvalue weighted by Crippen LogP contribution is 2.62. The summed E-state index contributed by atoms with van der Waals surface area (Å²) in [7, 11) is 0. The molecule has 3 N–H and O–H groups in total. The van der Waals surface area contributed by atoms with E-state index < -0.39 is 47.7 Å². The summed E-state index contributed by atoms with van der Waals surface area (Å²) in [6.07, 6.45) is -7.69. The van der Waals surface area contributed by atoms with Crippen LogP contribution < -0.4 is 0 Å². The molecule has 0 unspecified atom stereocenters. The number of alkyl halides is 15. The van der Waals surface area contributed by atoms with E-state index in [2.05, 4.69) is 0 Å². The Morgan fingerprint density at radius 2 is 0.731 bits per heavy atom. The summed E-state index contributed by atoms with van der Waals surface area (Å²) in [6.45, 7) is 0. The van der Waals surface area contributed by atoms with E-state index in [4.69, 9.17) is 5.11 Å². The molecule has 0 aromatic carbocycles. The number of carbonyl (C=O) groups is 1. The van der Waals surface area contributed by atoms with Crippen molar-refractivity contribution in [3.8, 4) is 0 Å². The largest absolute Gasteiger partial charge is 0.477 e. The van der Waals surface area contributed by atoms with Crippen LogP contribution in [-0.2, 0) is 4.79 Å². The van der Waals surface area contributed by atoms with Crippen LogP contribution in [0.4, 0.5) is 65.9 Å². The lowest BCUT2D eigenvalue weighted by molar-refractivity contribution is -0.450. The van der Waals surface area contributed by atoms with E-state index in [0.717, 1.165) is 0 Å². The standard InChI is InChI=1S/C8HF15O2.H2O/c9-2(10,1(24)25)3(11,12)4(13,14)5(15,16)6(17,18)7(19,20)8(21,22)23;/h(H,24,25);1H2. The summed E-state index contributed by atoms with van der Waals surface area (Å²) in [5.41, 5.74) is 0. The highest BCUT2D eigenvalue weighted by molar-refractivity contribution is 5.77. The van der Waals surface area contributed by atoms with Gasteiger partial charge in [0.05, 0.1) is 0 Å². The molecule has 0 aliphatic carbocycles. The molecule has 0 aliphatic rings. The number of hydrogen-bond acceptors (Lipinski definition) is 1. The van der Waals surface area contributed by atoms with Crippen LogP contribution in [-0.4, -0.2) is 58.3 Å². The number of aliphatic carboxylic acids is 1. The molecule has 0 saturated carbocycles. The second-order valence-electron chi connectivity index (χ2n) is 4.25. The molecule has 0 rings (SSSR count). The molecule has 0 amide bonds. The Hall–Kier alpha value is -1.62. The molecule has 158 valence electrons. The number of carboxylic acids is 1. The Morgan fingerprint density at radius 1 is 0.500 bits per heavy atom. The minimum Gasteiger partial charge on any atom is -0.477 e. The van der Waals surface area contributed by atoms with Crippen LogP contribution in [0.2, 0.25) is 0 Å². The van der Waals surface area contributed by atoms with Crippen LogP contribution in [0.3, 0.4) is 0 Å². The van der Waals surface area contributed by atoms with Gasteiger partial charge in [-0.05, 0) is 0 Å². The maximum absolute atomic E-state index is 12.8. The Labute approximate surface area is 130 Å². The van der Waals surface area contributed by atoms with Crippen molar-refractivity contribution in [3.05, 3.63) is 0 Å². The monoisotopic (exact) mass is 432 g/mol. The second-order valence-corrected chi connectivity index (χ2v) is 4.25. The number of rotatable bonds is 6. The summed E-state index contributed by atoms with van der Waals surface area (Å²) >= 11 is 0. The van der Waals surface area contributed by atoms with Crippen molar-refractivity contribution < 1.29 is 81.2 Å². The van der Waals surface area contributed by atoms with Crippen molar-refractivity contribution in [1.29, 1.82) is 0 Å². The number of halogens is 15. The summed E-state index contributed by atoms with van der Waals surface area (Å²) in [4.78, 5) is 9.72. The fourth-order valence-electron chi connectivity index (χ4n) is 1.10. The molecule has 0 spiro atoms. The molecule has 0 aromatic heterocycles. The lowest BCUT2D eigenvalue weighted by atomic mass is 9.91. The van der Waals surface area contributed by atoms with Crippen LogP contribution in [0.1, 0.15) is 0 Å². The molecule has 0 fully saturated rings. The first kappa shape index (κ1) is 26.6. The van der Waals surface area contributed by atoms with Crippen molar-refractivity contribution >= 4 is 5.97 Å². The fraction of sp³-hybridized carbons (Fsp3) is 0.875. The third-order valence-electron chi connectivity index (χ3n) is 2.60. The van der Waals surface area contributed by atoms with Crippen molar-refractivity contribution in [2.45, 2.75) is 41.7 Å². The van der Waals surface area contributed by atoms with E-state index in [1.54, 1.807) is 0 Å². The van der Waals surface area contributed by atoms with Crippen LogP contribution in [0.25, 0.3) is 0 Å². The first-order chi connectivity index (χ1) is 10.4. The molecule has 26 heavy (non-hydrogen) atoms. The maximum atomic E-state index is 12.8. The van der Waals surface area contributed by atoms with Crippen LogP contribution >= 0.6 is 0 Å². The molecular weight excluding hydrogens is 429 g/mol. The molecule has 0 radical (unpaired) electrons. The minimum absolute atomic E-state index is 0. The third kappa shape index (κ3) is 3.00. The highest BCUT2D eigenvalue weighted by atomic mass is 19.4. The molecule has 18 heteroatoms. The van der Waals surface area contributed by atoms with Crippen molar-refractivity contribution in [2.75, 3.05) is 0 Å². The van der Waals surface area contributed by atoms with Crippen molar-refractivity contribution in [3.63, 3.8) is 0 Å². The first-order valence-electron chi connectivity index (χ1n) is 5.01. The van der Waals surface area contributed by atoms with E-state index in [9.17, 15) is 70.7 Å². The Morgan fingerprint density at radius 3 is 0.962 bits per heavy atom. The van der Waals surface area contributed by atoms with E-state index in [1.807, 2.05) is 0 Å². The van der Waals surface area contributed by atoms with Gasteiger partial charge in [0, 0.05) is 0 Å². The number of hydrogen-bond donors (Lipinski definition) is 1. The molecule has 0 saturated heterocycles. The molecule has 0 bridgehead atoms. The number of carboxylic acid groups (broad SMARTS) is 1. The molecular formula is C8H3F15O3. The van der Waals surface area contributed by atoms with Gasteiger partial charge in [-0.15, -0.1) is 0 Å². The SMILES string of the molecule is O.O=C(O)C(F)(F)C(F)(F)C(F)(F)C(F)(F)C(F)(F)C(F)(F)C(F)(F)F. The average Bonchev–Trinajstić information content (AvgIpc) is 2.35. The summed E-state index contributed by atoms with van der Waals surface area (Å²) in [5.74, 6) is -52.8. The normalized spacial score (nSPS) is 15.5. The van der Waals surface area contributed by atoms with E-state index in [1.165, 1.54) is 0 Å². The van der Waals surface area contributed by atoms with Crippen molar-refractivity contribution in [2.24, 2.45) is 0 Å². The molecule has 0 atom stereocenters. The van der Waals surface area contributed by atoms with E-state index in [0.29, 0.717) is 0 Å². The molecule has 0 aromatic rings. The lowest BCUT2D eigenvalue weighted by Crippen LogP contribution is -2.73. The average molecular weight is 432 g/mol. The van der Waals surface area contributed by atoms with Crippen molar-refractivity contribution in [1.82, 2.24) is 0 Å². The molecule has 3 nitrogen and oxygen atoms in total. The Balaban J connectivity index is 0. The van der Waals surface area contributed by atoms with Gasteiger partial charge in [0.15, 0.2) is 0 Å². The van der Waals surface area contributed by atoms with E-state index in [-0.39, 0.29) is 5.48 Å². The predicted molar refractivity (Wildman–Crippen MR) is 47.0 cm³/mol. The zero-order chi connectivity index (χ0) is 21.1. The smallest absolute Gasteiger partial charge is 0.460 e. The highest BCUT2D eigenvalue weighted by Gasteiger charge is 2.94.